The zero-order chi connectivity index (χ0) is 20.6. The number of methoxy groups -OCH3 is 1. The van der Waals surface area contributed by atoms with Gasteiger partial charge in [-0.25, -0.2) is 0 Å². The molecule has 2 aromatic rings. The van der Waals surface area contributed by atoms with Crippen molar-refractivity contribution in [3.8, 4) is 0 Å². The Hall–Kier alpha value is -2.18. The maximum atomic E-state index is 13.3. The monoisotopic (exact) mass is 414 g/mol. The summed E-state index contributed by atoms with van der Waals surface area (Å²) in [7, 11) is 1.62. The van der Waals surface area contributed by atoms with Crippen LogP contribution in [0.15, 0.2) is 41.8 Å². The van der Waals surface area contributed by atoms with Crippen LogP contribution in [-0.4, -0.2) is 48.4 Å². The maximum Gasteiger partial charge on any atom is 0.242 e. The van der Waals surface area contributed by atoms with E-state index >= 15 is 0 Å². The average Bonchev–Trinajstić information content (AvgIpc) is 3.08. The summed E-state index contributed by atoms with van der Waals surface area (Å²) in [6.45, 7) is 4.17. The van der Waals surface area contributed by atoms with Crippen molar-refractivity contribution in [2.45, 2.75) is 39.3 Å². The summed E-state index contributed by atoms with van der Waals surface area (Å²) in [5.74, 6) is 0.140. The van der Waals surface area contributed by atoms with Gasteiger partial charge in [0.2, 0.25) is 11.8 Å². The lowest BCUT2D eigenvalue weighted by molar-refractivity contribution is -0.145. The molecule has 0 atom stereocenters. The lowest BCUT2D eigenvalue weighted by Crippen LogP contribution is -2.46. The van der Waals surface area contributed by atoms with E-state index in [9.17, 15) is 9.59 Å². The van der Waals surface area contributed by atoms with Crippen LogP contribution < -0.4 is 0 Å². The third-order valence-corrected chi connectivity index (χ3v) is 6.54. The highest BCUT2D eigenvalue weighted by molar-refractivity contribution is 7.10. The van der Waals surface area contributed by atoms with Crippen LogP contribution in [0.5, 0.6) is 0 Å². The lowest BCUT2D eigenvalue weighted by atomic mass is 9.84. The smallest absolute Gasteiger partial charge is 0.242 e. The Labute approximate surface area is 177 Å². The molecule has 6 heteroatoms. The number of rotatable bonds is 10. The van der Waals surface area contributed by atoms with Crippen LogP contribution in [0, 0.1) is 12.8 Å². The van der Waals surface area contributed by atoms with E-state index in [1.165, 1.54) is 10.4 Å². The van der Waals surface area contributed by atoms with Gasteiger partial charge in [0.25, 0.3) is 0 Å². The molecule has 0 saturated heterocycles. The largest absolute Gasteiger partial charge is 0.383 e. The first-order valence-electron chi connectivity index (χ1n) is 10.2. The minimum atomic E-state index is -0.0228. The highest BCUT2D eigenvalue weighted by Gasteiger charge is 2.31. The van der Waals surface area contributed by atoms with Crippen LogP contribution in [0.4, 0.5) is 0 Å². The number of amides is 2. The van der Waals surface area contributed by atoms with E-state index in [0.717, 1.165) is 24.8 Å². The molecule has 29 heavy (non-hydrogen) atoms. The van der Waals surface area contributed by atoms with Gasteiger partial charge in [-0.3, -0.25) is 9.59 Å². The van der Waals surface area contributed by atoms with Crippen molar-refractivity contribution in [2.24, 2.45) is 5.92 Å². The summed E-state index contributed by atoms with van der Waals surface area (Å²) >= 11 is 1.67. The molecule has 2 amide bonds. The summed E-state index contributed by atoms with van der Waals surface area (Å²) in [6.07, 6.45) is 2.96. The number of nitrogens with zero attached hydrogens (tertiary/aromatic N) is 2. The van der Waals surface area contributed by atoms with Gasteiger partial charge in [-0.05, 0) is 42.3 Å². The highest BCUT2D eigenvalue weighted by atomic mass is 32.1. The van der Waals surface area contributed by atoms with Crippen LogP contribution >= 0.6 is 11.3 Å². The van der Waals surface area contributed by atoms with Crippen molar-refractivity contribution in [3.63, 3.8) is 0 Å². The number of carbonyl (C=O) groups is 2. The van der Waals surface area contributed by atoms with E-state index in [-0.39, 0.29) is 24.3 Å². The molecule has 0 unspecified atom stereocenters. The van der Waals surface area contributed by atoms with Gasteiger partial charge in [-0.15, -0.1) is 11.3 Å². The molecule has 156 valence electrons. The number of hydrogen-bond acceptors (Lipinski definition) is 4. The van der Waals surface area contributed by atoms with E-state index in [1.807, 2.05) is 35.2 Å². The van der Waals surface area contributed by atoms with Gasteiger partial charge in [0.05, 0.1) is 19.7 Å². The van der Waals surface area contributed by atoms with Crippen molar-refractivity contribution >= 4 is 23.2 Å². The quantitative estimate of drug-likeness (QED) is 0.593. The van der Waals surface area contributed by atoms with Crippen molar-refractivity contribution < 1.29 is 14.3 Å². The fraction of sp³-hybridized carbons (Fsp3) is 0.478. The molecule has 1 aliphatic rings. The summed E-state index contributed by atoms with van der Waals surface area (Å²) in [5, 5.41) is 2.06. The zero-order valence-corrected chi connectivity index (χ0v) is 18.1. The molecule has 1 aliphatic carbocycles. The molecule has 0 spiro atoms. The molecule has 1 aromatic carbocycles. The minimum absolute atomic E-state index is 0.0228. The second-order valence-electron chi connectivity index (χ2n) is 7.64. The molecule has 1 aromatic heterocycles. The average molecular weight is 415 g/mol. The lowest BCUT2D eigenvalue weighted by Gasteiger charge is -2.33. The molecule has 1 heterocycles. The topological polar surface area (TPSA) is 49.9 Å². The van der Waals surface area contributed by atoms with Crippen molar-refractivity contribution in [1.29, 1.82) is 0 Å². The van der Waals surface area contributed by atoms with Gasteiger partial charge in [-0.2, -0.15) is 0 Å². The zero-order valence-electron chi connectivity index (χ0n) is 17.3. The predicted molar refractivity (Wildman–Crippen MR) is 116 cm³/mol. The Bertz CT molecular complexity index is 801. The molecule has 3 rings (SSSR count). The van der Waals surface area contributed by atoms with Gasteiger partial charge in [0, 0.05) is 31.0 Å². The Morgan fingerprint density at radius 1 is 1.10 bits per heavy atom. The third kappa shape index (κ3) is 5.90. The summed E-state index contributed by atoms with van der Waals surface area (Å²) in [4.78, 5) is 30.8. The molecule has 0 N–H and O–H groups in total. The Morgan fingerprint density at radius 3 is 2.45 bits per heavy atom. The van der Waals surface area contributed by atoms with Crippen LogP contribution in [0.3, 0.4) is 0 Å². The molecule has 5 nitrogen and oxygen atoms in total. The molecule has 1 fully saturated rings. The Kier molecular flexibility index (Phi) is 7.83. The SMILES string of the molecule is COCCN(CC(=O)N(Cc1ccccc1)Cc1sccc1C)C(=O)C1CCC1. The predicted octanol–water partition coefficient (Wildman–Crippen LogP) is 3.86. The van der Waals surface area contributed by atoms with E-state index in [1.54, 1.807) is 23.3 Å². The summed E-state index contributed by atoms with van der Waals surface area (Å²) in [5.41, 5.74) is 2.28. The Morgan fingerprint density at radius 2 is 1.86 bits per heavy atom. The number of benzene rings is 1. The summed E-state index contributed by atoms with van der Waals surface area (Å²) < 4.78 is 5.18. The normalized spacial score (nSPS) is 13.7. The van der Waals surface area contributed by atoms with Crippen LogP contribution in [-0.2, 0) is 27.4 Å². The number of ether oxygens (including phenoxy) is 1. The van der Waals surface area contributed by atoms with Gasteiger partial charge in [-0.1, -0.05) is 36.8 Å². The van der Waals surface area contributed by atoms with Crippen LogP contribution in [0.2, 0.25) is 0 Å². The van der Waals surface area contributed by atoms with Crippen molar-refractivity contribution in [3.05, 3.63) is 57.8 Å². The number of carbonyl (C=O) groups excluding carboxylic acids is 2. The number of thiophene rings is 1. The van der Waals surface area contributed by atoms with Gasteiger partial charge in [0.1, 0.15) is 0 Å². The second kappa shape index (κ2) is 10.6. The van der Waals surface area contributed by atoms with Gasteiger partial charge < -0.3 is 14.5 Å². The molecule has 1 saturated carbocycles. The number of aryl methyl sites for hydroxylation is 1. The fourth-order valence-electron chi connectivity index (χ4n) is 3.42. The third-order valence-electron chi connectivity index (χ3n) is 5.53. The first-order chi connectivity index (χ1) is 14.1. The summed E-state index contributed by atoms with van der Waals surface area (Å²) in [6, 6.07) is 12.1. The molecule has 0 radical (unpaired) electrons. The first-order valence-corrected chi connectivity index (χ1v) is 11.1. The fourth-order valence-corrected chi connectivity index (χ4v) is 4.34. The van der Waals surface area contributed by atoms with E-state index in [2.05, 4.69) is 18.4 Å². The second-order valence-corrected chi connectivity index (χ2v) is 8.64. The standard InChI is InChI=1S/C23H30N2O3S/c1-18-11-14-29-21(18)16-25(15-19-7-4-3-5-8-19)22(26)17-24(12-13-28-2)23(27)20-9-6-10-20/h3-5,7-8,11,14,20H,6,9-10,12-13,15-17H2,1-2H3. The first kappa shape index (κ1) is 21.5. The van der Waals surface area contributed by atoms with Crippen molar-refractivity contribution in [2.75, 3.05) is 26.8 Å². The molecule has 0 bridgehead atoms. The van der Waals surface area contributed by atoms with Crippen molar-refractivity contribution in [1.82, 2.24) is 9.80 Å². The number of hydrogen-bond donors (Lipinski definition) is 0. The van der Waals surface area contributed by atoms with E-state index in [4.69, 9.17) is 4.74 Å². The van der Waals surface area contributed by atoms with Crippen LogP contribution in [0.25, 0.3) is 0 Å². The molecule has 0 aliphatic heterocycles. The highest BCUT2D eigenvalue weighted by Crippen LogP contribution is 2.28. The maximum absolute atomic E-state index is 13.3. The van der Waals surface area contributed by atoms with Gasteiger partial charge in [0.15, 0.2) is 0 Å². The molecular weight excluding hydrogens is 384 g/mol. The Balaban J connectivity index is 1.73. The van der Waals surface area contributed by atoms with E-state index < -0.39 is 0 Å². The molecular formula is C23H30N2O3S. The van der Waals surface area contributed by atoms with Gasteiger partial charge >= 0.3 is 0 Å². The van der Waals surface area contributed by atoms with E-state index in [0.29, 0.717) is 26.2 Å². The van der Waals surface area contributed by atoms with Crippen LogP contribution in [0.1, 0.15) is 35.3 Å². The minimum Gasteiger partial charge on any atom is -0.383 e.